The first-order valence-electron chi connectivity index (χ1n) is 4.90. The molecule has 1 aliphatic heterocycles. The molecular formula is C11H15N2S+. The van der Waals surface area contributed by atoms with Gasteiger partial charge in [-0.25, -0.2) is 0 Å². The highest BCUT2D eigenvalue weighted by molar-refractivity contribution is 7.10. The van der Waals surface area contributed by atoms with Crippen molar-refractivity contribution in [3.63, 3.8) is 0 Å². The molecule has 0 unspecified atom stereocenters. The lowest BCUT2D eigenvalue weighted by Gasteiger charge is -2.11. The SMILES string of the molecule is C[N+]1=C(/C=C/c2cccs2)NCCC1. The molecule has 0 bridgehead atoms. The van der Waals surface area contributed by atoms with Crippen molar-refractivity contribution < 1.29 is 4.58 Å². The van der Waals surface area contributed by atoms with E-state index in [0.29, 0.717) is 0 Å². The summed E-state index contributed by atoms with van der Waals surface area (Å²) in [6, 6.07) is 4.21. The van der Waals surface area contributed by atoms with Gasteiger partial charge in [-0.1, -0.05) is 6.07 Å². The maximum Gasteiger partial charge on any atom is 0.269 e. The Morgan fingerprint density at radius 2 is 2.43 bits per heavy atom. The minimum Gasteiger partial charge on any atom is -0.275 e. The zero-order valence-electron chi connectivity index (χ0n) is 8.36. The van der Waals surface area contributed by atoms with E-state index in [9.17, 15) is 0 Å². The lowest BCUT2D eigenvalue weighted by atomic mass is 10.3. The molecule has 0 fully saturated rings. The van der Waals surface area contributed by atoms with Crippen molar-refractivity contribution in [2.45, 2.75) is 6.42 Å². The quantitative estimate of drug-likeness (QED) is 0.731. The molecule has 14 heavy (non-hydrogen) atoms. The second kappa shape index (κ2) is 4.42. The fourth-order valence-corrected chi connectivity index (χ4v) is 2.14. The van der Waals surface area contributed by atoms with E-state index < -0.39 is 0 Å². The van der Waals surface area contributed by atoms with Crippen LogP contribution in [0.1, 0.15) is 11.3 Å². The molecule has 1 aliphatic rings. The Morgan fingerprint density at radius 3 is 3.14 bits per heavy atom. The molecule has 0 aliphatic carbocycles. The van der Waals surface area contributed by atoms with Gasteiger partial charge < -0.3 is 0 Å². The van der Waals surface area contributed by atoms with E-state index in [1.54, 1.807) is 11.3 Å². The lowest BCUT2D eigenvalue weighted by Crippen LogP contribution is -2.37. The molecule has 0 aromatic carbocycles. The van der Waals surface area contributed by atoms with Crippen LogP contribution in [-0.4, -0.2) is 30.5 Å². The van der Waals surface area contributed by atoms with Crippen molar-refractivity contribution >= 4 is 23.2 Å². The number of amidine groups is 1. The zero-order valence-corrected chi connectivity index (χ0v) is 9.18. The molecule has 0 saturated carbocycles. The van der Waals surface area contributed by atoms with Crippen LogP contribution in [0.5, 0.6) is 0 Å². The average Bonchev–Trinajstić information content (AvgIpc) is 2.69. The minimum atomic E-state index is 1.09. The Bertz CT molecular complexity index is 349. The van der Waals surface area contributed by atoms with Gasteiger partial charge in [-0.3, -0.25) is 9.89 Å². The van der Waals surface area contributed by atoms with Crippen LogP contribution >= 0.6 is 11.3 Å². The number of nitrogens with one attached hydrogen (secondary N) is 1. The molecular weight excluding hydrogens is 192 g/mol. The molecule has 0 spiro atoms. The molecule has 74 valence electrons. The van der Waals surface area contributed by atoms with Crippen molar-refractivity contribution in [3.8, 4) is 0 Å². The standard InChI is InChI=1S/C11H14N2S/c1-13-8-3-7-12-11(13)6-5-10-4-2-9-14-10/h2,4-6,9H,3,7-8H2,1H3/p+1/b6-5+. The van der Waals surface area contributed by atoms with E-state index in [4.69, 9.17) is 0 Å². The number of hydrogen-bond donors (Lipinski definition) is 1. The van der Waals surface area contributed by atoms with E-state index in [1.165, 1.54) is 17.1 Å². The first kappa shape index (κ1) is 9.46. The zero-order chi connectivity index (χ0) is 9.80. The van der Waals surface area contributed by atoms with Crippen LogP contribution in [0.4, 0.5) is 0 Å². The maximum absolute atomic E-state index is 3.39. The van der Waals surface area contributed by atoms with Crippen LogP contribution in [0, 0.1) is 0 Å². The lowest BCUT2D eigenvalue weighted by molar-refractivity contribution is -0.502. The van der Waals surface area contributed by atoms with Gasteiger partial charge in [-0.2, -0.15) is 0 Å². The van der Waals surface area contributed by atoms with Gasteiger partial charge in [-0.05, 0) is 17.5 Å². The summed E-state index contributed by atoms with van der Waals surface area (Å²) in [6.45, 7) is 2.24. The van der Waals surface area contributed by atoms with Crippen LogP contribution in [0.15, 0.2) is 23.6 Å². The van der Waals surface area contributed by atoms with Crippen molar-refractivity contribution in [1.82, 2.24) is 5.32 Å². The average molecular weight is 207 g/mol. The monoisotopic (exact) mass is 207 g/mol. The molecule has 2 rings (SSSR count). The van der Waals surface area contributed by atoms with E-state index >= 15 is 0 Å². The number of thiophene rings is 1. The summed E-state index contributed by atoms with van der Waals surface area (Å²) >= 11 is 1.77. The third kappa shape index (κ3) is 2.23. The summed E-state index contributed by atoms with van der Waals surface area (Å²) in [6.07, 6.45) is 5.55. The van der Waals surface area contributed by atoms with Gasteiger partial charge in [0.05, 0.1) is 20.1 Å². The highest BCUT2D eigenvalue weighted by Gasteiger charge is 2.11. The second-order valence-corrected chi connectivity index (χ2v) is 4.42. The Balaban J connectivity index is 2.10. The minimum absolute atomic E-state index is 1.09. The normalized spacial score (nSPS) is 17.5. The molecule has 3 heteroatoms. The fourth-order valence-electron chi connectivity index (χ4n) is 1.52. The van der Waals surface area contributed by atoms with Gasteiger partial charge >= 0.3 is 0 Å². The van der Waals surface area contributed by atoms with Crippen LogP contribution in [0.25, 0.3) is 6.08 Å². The molecule has 0 atom stereocenters. The van der Waals surface area contributed by atoms with Gasteiger partial charge in [0.25, 0.3) is 5.84 Å². The Kier molecular flexibility index (Phi) is 2.99. The molecule has 1 N–H and O–H groups in total. The van der Waals surface area contributed by atoms with Gasteiger partial charge in [0.2, 0.25) is 0 Å². The Hall–Kier alpha value is -1.09. The van der Waals surface area contributed by atoms with E-state index in [1.807, 2.05) is 0 Å². The predicted molar refractivity (Wildman–Crippen MR) is 62.0 cm³/mol. The molecule has 0 saturated heterocycles. The fraction of sp³-hybridized carbons (Fsp3) is 0.364. The first-order valence-corrected chi connectivity index (χ1v) is 5.78. The molecule has 0 amide bonds. The van der Waals surface area contributed by atoms with Crippen molar-refractivity contribution in [2.75, 3.05) is 20.1 Å². The number of rotatable bonds is 2. The van der Waals surface area contributed by atoms with Gasteiger partial charge in [0, 0.05) is 17.4 Å². The second-order valence-electron chi connectivity index (χ2n) is 3.44. The van der Waals surface area contributed by atoms with Gasteiger partial charge in [0.1, 0.15) is 0 Å². The molecule has 2 nitrogen and oxygen atoms in total. The number of nitrogens with zero attached hydrogens (tertiary/aromatic N) is 1. The maximum atomic E-state index is 3.39. The van der Waals surface area contributed by atoms with E-state index in [2.05, 4.69) is 46.6 Å². The topological polar surface area (TPSA) is 15.0 Å². The third-order valence-electron chi connectivity index (χ3n) is 2.34. The molecule has 2 heterocycles. The molecule has 0 radical (unpaired) electrons. The summed E-state index contributed by atoms with van der Waals surface area (Å²) < 4.78 is 2.26. The Morgan fingerprint density at radius 1 is 1.50 bits per heavy atom. The van der Waals surface area contributed by atoms with Crippen LogP contribution in [0.2, 0.25) is 0 Å². The van der Waals surface area contributed by atoms with Crippen molar-refractivity contribution in [1.29, 1.82) is 0 Å². The van der Waals surface area contributed by atoms with Gasteiger partial charge in [-0.15, -0.1) is 11.3 Å². The Labute approximate surface area is 88.6 Å². The third-order valence-corrected chi connectivity index (χ3v) is 3.17. The van der Waals surface area contributed by atoms with Gasteiger partial charge in [0.15, 0.2) is 0 Å². The summed E-state index contributed by atoms with van der Waals surface area (Å²) in [5.74, 6) is 1.23. The van der Waals surface area contributed by atoms with Crippen LogP contribution < -0.4 is 5.32 Å². The largest absolute Gasteiger partial charge is 0.275 e. The van der Waals surface area contributed by atoms with E-state index in [-0.39, 0.29) is 0 Å². The summed E-state index contributed by atoms with van der Waals surface area (Å²) in [7, 11) is 2.13. The molecule has 1 aromatic heterocycles. The van der Waals surface area contributed by atoms with Crippen molar-refractivity contribution in [2.24, 2.45) is 0 Å². The van der Waals surface area contributed by atoms with Crippen molar-refractivity contribution in [3.05, 3.63) is 28.5 Å². The molecule has 1 aromatic rings. The highest BCUT2D eigenvalue weighted by Crippen LogP contribution is 2.10. The summed E-state index contributed by atoms with van der Waals surface area (Å²) in [5.41, 5.74) is 0. The summed E-state index contributed by atoms with van der Waals surface area (Å²) in [5, 5.41) is 5.49. The smallest absolute Gasteiger partial charge is 0.269 e. The predicted octanol–water partition coefficient (Wildman–Crippen LogP) is 1.80. The van der Waals surface area contributed by atoms with Crippen LogP contribution in [-0.2, 0) is 0 Å². The van der Waals surface area contributed by atoms with Crippen LogP contribution in [0.3, 0.4) is 0 Å². The number of hydrogen-bond acceptors (Lipinski definition) is 2. The van der Waals surface area contributed by atoms with E-state index in [0.717, 1.165) is 13.1 Å². The highest BCUT2D eigenvalue weighted by atomic mass is 32.1. The summed E-state index contributed by atoms with van der Waals surface area (Å²) in [4.78, 5) is 1.30. The first-order chi connectivity index (χ1) is 6.86.